The number of nitriles is 1. The van der Waals surface area contributed by atoms with E-state index < -0.39 is 11.8 Å². The van der Waals surface area contributed by atoms with E-state index in [1.165, 1.54) is 29.5 Å². The fourth-order valence-electron chi connectivity index (χ4n) is 3.79. The molecule has 32 heavy (non-hydrogen) atoms. The molecule has 2 N–H and O–H groups in total. The number of aryl methyl sites for hydroxylation is 1. The minimum atomic E-state index is -0.717. The Morgan fingerprint density at radius 3 is 2.84 bits per heavy atom. The third kappa shape index (κ3) is 3.20. The molecule has 0 saturated carbocycles. The fourth-order valence-corrected chi connectivity index (χ4v) is 4.64. The zero-order valence-electron chi connectivity index (χ0n) is 16.7. The van der Waals surface area contributed by atoms with Crippen LogP contribution in [0.15, 0.2) is 69.8 Å². The van der Waals surface area contributed by atoms with Crippen LogP contribution in [0.25, 0.3) is 11.0 Å². The number of thiophene rings is 1. The van der Waals surface area contributed by atoms with Gasteiger partial charge in [-0.2, -0.15) is 5.26 Å². The first-order valence-corrected chi connectivity index (χ1v) is 10.5. The Morgan fingerprint density at radius 2 is 2.09 bits per heavy atom. The Balaban J connectivity index is 1.48. The molecule has 1 aliphatic rings. The molecule has 0 spiro atoms. The quantitative estimate of drug-likeness (QED) is 0.335. The van der Waals surface area contributed by atoms with Gasteiger partial charge in [0.15, 0.2) is 0 Å². The van der Waals surface area contributed by atoms with Gasteiger partial charge >= 0.3 is 5.97 Å². The summed E-state index contributed by atoms with van der Waals surface area (Å²) in [5.74, 6) is -0.877. The van der Waals surface area contributed by atoms with Gasteiger partial charge < -0.3 is 19.6 Å². The van der Waals surface area contributed by atoms with Crippen molar-refractivity contribution < 1.29 is 23.1 Å². The summed E-state index contributed by atoms with van der Waals surface area (Å²) in [4.78, 5) is 13.7. The molecule has 1 aliphatic heterocycles. The van der Waals surface area contributed by atoms with Gasteiger partial charge in [-0.25, -0.2) is 9.18 Å². The Hall–Kier alpha value is -4.09. The number of ether oxygens (including phenoxy) is 2. The summed E-state index contributed by atoms with van der Waals surface area (Å²) < 4.78 is 30.3. The van der Waals surface area contributed by atoms with Crippen LogP contribution in [0.3, 0.4) is 0 Å². The molecule has 1 unspecified atom stereocenters. The highest BCUT2D eigenvalue weighted by Crippen LogP contribution is 2.44. The molecule has 0 aliphatic carbocycles. The van der Waals surface area contributed by atoms with E-state index in [9.17, 15) is 14.4 Å². The zero-order chi connectivity index (χ0) is 22.4. The number of nitrogens with two attached hydrogens (primary N) is 1. The van der Waals surface area contributed by atoms with Crippen molar-refractivity contribution in [3.05, 3.63) is 92.9 Å². The normalized spacial score (nSPS) is 15.2. The van der Waals surface area contributed by atoms with Crippen molar-refractivity contribution in [3.8, 4) is 17.6 Å². The van der Waals surface area contributed by atoms with Crippen LogP contribution < -0.4 is 15.2 Å². The maximum absolute atomic E-state index is 13.5. The zero-order valence-corrected chi connectivity index (χ0v) is 17.5. The number of rotatable bonds is 3. The number of nitrogens with zero attached hydrogens (tertiary/aromatic N) is 1. The maximum Gasteiger partial charge on any atom is 0.379 e. The molecule has 0 bridgehead atoms. The lowest BCUT2D eigenvalue weighted by atomic mass is 9.88. The molecule has 0 radical (unpaired) electrons. The average molecular weight is 446 g/mol. The van der Waals surface area contributed by atoms with Crippen LogP contribution in [0.5, 0.6) is 11.5 Å². The molecule has 158 valence electrons. The summed E-state index contributed by atoms with van der Waals surface area (Å²) in [5.41, 5.74) is 7.96. The number of hydrogen-bond donors (Lipinski definition) is 1. The third-order valence-electron chi connectivity index (χ3n) is 5.31. The predicted octanol–water partition coefficient (Wildman–Crippen LogP) is 5.38. The van der Waals surface area contributed by atoms with Crippen LogP contribution in [0, 0.1) is 24.1 Å². The largest absolute Gasteiger partial charge is 0.449 e. The number of halogens is 1. The Labute approximate surface area is 185 Å². The highest BCUT2D eigenvalue weighted by atomic mass is 32.1. The van der Waals surface area contributed by atoms with Crippen molar-refractivity contribution in [2.45, 2.75) is 12.8 Å². The van der Waals surface area contributed by atoms with Crippen LogP contribution in [0.2, 0.25) is 0 Å². The number of esters is 1. The SMILES string of the molecule is Cc1c(C(=O)Oc2ccc3c(c2)OC(N)=C(C#N)C3c2cccs2)oc2ccc(F)cc12. The molecule has 2 aromatic carbocycles. The minimum absolute atomic E-state index is 0.00752. The number of allylic oxidation sites excluding steroid dienone is 1. The molecular weight excluding hydrogens is 431 g/mol. The molecular formula is C24H15FN2O4S. The molecule has 4 aromatic rings. The average Bonchev–Trinajstić information content (AvgIpc) is 3.41. The molecule has 2 aromatic heterocycles. The van der Waals surface area contributed by atoms with Gasteiger partial charge in [-0.1, -0.05) is 12.1 Å². The van der Waals surface area contributed by atoms with Gasteiger partial charge in [0.2, 0.25) is 11.6 Å². The molecule has 8 heteroatoms. The second kappa shape index (κ2) is 7.55. The van der Waals surface area contributed by atoms with E-state index in [1.807, 2.05) is 17.5 Å². The van der Waals surface area contributed by atoms with E-state index in [0.29, 0.717) is 27.9 Å². The Kier molecular flexibility index (Phi) is 4.68. The number of fused-ring (bicyclic) bond motifs is 2. The molecule has 5 rings (SSSR count). The second-order valence-corrected chi connectivity index (χ2v) is 8.21. The number of benzene rings is 2. The van der Waals surface area contributed by atoms with Crippen molar-refractivity contribution in [1.82, 2.24) is 0 Å². The van der Waals surface area contributed by atoms with Crippen LogP contribution in [0.1, 0.15) is 32.5 Å². The number of hydrogen-bond acceptors (Lipinski definition) is 7. The van der Waals surface area contributed by atoms with Crippen molar-refractivity contribution in [2.24, 2.45) is 5.73 Å². The highest BCUT2D eigenvalue weighted by molar-refractivity contribution is 7.10. The Morgan fingerprint density at radius 1 is 1.25 bits per heavy atom. The summed E-state index contributed by atoms with van der Waals surface area (Å²) in [6, 6.07) is 14.9. The number of carbonyl (C=O) groups is 1. The van der Waals surface area contributed by atoms with Crippen LogP contribution in [-0.2, 0) is 0 Å². The summed E-state index contributed by atoms with van der Waals surface area (Å²) in [5, 5.41) is 12.0. The van der Waals surface area contributed by atoms with E-state index in [2.05, 4.69) is 6.07 Å². The summed E-state index contributed by atoms with van der Waals surface area (Å²) in [7, 11) is 0. The topological polar surface area (TPSA) is 98.5 Å². The molecule has 0 saturated heterocycles. The third-order valence-corrected chi connectivity index (χ3v) is 6.25. The monoisotopic (exact) mass is 446 g/mol. The van der Waals surface area contributed by atoms with E-state index in [0.717, 1.165) is 10.4 Å². The van der Waals surface area contributed by atoms with Gasteiger partial charge in [-0.15, -0.1) is 11.3 Å². The standard InChI is InChI=1S/C24H15FN2O4S/c1-12-16-9-13(25)4-7-18(16)30-22(12)24(28)29-14-5-6-15-19(10-14)31-23(27)17(11-26)21(15)20-3-2-8-32-20/h2-10,21H,27H2,1H3. The van der Waals surface area contributed by atoms with E-state index in [1.54, 1.807) is 25.1 Å². The summed E-state index contributed by atoms with van der Waals surface area (Å²) in [6.45, 7) is 1.67. The molecule has 0 amide bonds. The molecule has 6 nitrogen and oxygen atoms in total. The summed E-state index contributed by atoms with van der Waals surface area (Å²) >= 11 is 1.51. The van der Waals surface area contributed by atoms with Gasteiger partial charge in [-0.3, -0.25) is 0 Å². The maximum atomic E-state index is 13.5. The number of furan rings is 1. The smallest absolute Gasteiger partial charge is 0.379 e. The lowest BCUT2D eigenvalue weighted by molar-refractivity contribution is 0.0702. The van der Waals surface area contributed by atoms with Crippen molar-refractivity contribution in [2.75, 3.05) is 0 Å². The molecule has 3 heterocycles. The van der Waals surface area contributed by atoms with E-state index in [-0.39, 0.29) is 23.3 Å². The molecule has 0 fully saturated rings. The molecule has 1 atom stereocenters. The van der Waals surface area contributed by atoms with Crippen LogP contribution in [-0.4, -0.2) is 5.97 Å². The number of carbonyl (C=O) groups excluding carboxylic acids is 1. The van der Waals surface area contributed by atoms with Crippen LogP contribution in [0.4, 0.5) is 4.39 Å². The van der Waals surface area contributed by atoms with Gasteiger partial charge in [0, 0.05) is 27.5 Å². The van der Waals surface area contributed by atoms with Gasteiger partial charge in [0.05, 0.1) is 5.92 Å². The first kappa shape index (κ1) is 19.8. The van der Waals surface area contributed by atoms with E-state index >= 15 is 0 Å². The lowest BCUT2D eigenvalue weighted by Gasteiger charge is -2.25. The first-order chi connectivity index (χ1) is 15.5. The van der Waals surface area contributed by atoms with Crippen molar-refractivity contribution in [3.63, 3.8) is 0 Å². The van der Waals surface area contributed by atoms with Crippen molar-refractivity contribution in [1.29, 1.82) is 5.26 Å². The first-order valence-electron chi connectivity index (χ1n) is 9.62. The van der Waals surface area contributed by atoms with Gasteiger partial charge in [0.1, 0.15) is 34.5 Å². The lowest BCUT2D eigenvalue weighted by Crippen LogP contribution is -2.20. The van der Waals surface area contributed by atoms with E-state index in [4.69, 9.17) is 19.6 Å². The van der Waals surface area contributed by atoms with Gasteiger partial charge in [0.25, 0.3) is 0 Å². The highest BCUT2D eigenvalue weighted by Gasteiger charge is 2.32. The fraction of sp³-hybridized carbons (Fsp3) is 0.0833. The summed E-state index contributed by atoms with van der Waals surface area (Å²) in [6.07, 6.45) is 0. The second-order valence-electron chi connectivity index (χ2n) is 7.23. The minimum Gasteiger partial charge on any atom is -0.449 e. The van der Waals surface area contributed by atoms with Crippen LogP contribution >= 0.6 is 11.3 Å². The van der Waals surface area contributed by atoms with Crippen molar-refractivity contribution >= 4 is 28.3 Å². The predicted molar refractivity (Wildman–Crippen MR) is 116 cm³/mol. The Bertz CT molecular complexity index is 1450. The van der Waals surface area contributed by atoms with Gasteiger partial charge in [-0.05, 0) is 42.6 Å².